The molecule has 0 aliphatic rings. The largest absolute Gasteiger partial charge is 0.480 e. The van der Waals surface area contributed by atoms with Crippen LogP contribution in [0.15, 0.2) is 34.9 Å². The van der Waals surface area contributed by atoms with Crippen molar-refractivity contribution in [1.29, 1.82) is 0 Å². The Bertz CT molecular complexity index is 669. The summed E-state index contributed by atoms with van der Waals surface area (Å²) in [5.74, 6) is 0.645. The third-order valence-electron chi connectivity index (χ3n) is 2.72. The molecule has 22 heavy (non-hydrogen) atoms. The number of hydrogen-bond acceptors (Lipinski definition) is 5. The molecule has 0 unspecified atom stereocenters. The number of rotatable bonds is 6. The first-order valence-corrected chi connectivity index (χ1v) is 7.62. The summed E-state index contributed by atoms with van der Waals surface area (Å²) in [6, 6.07) is 6.89. The molecule has 0 spiro atoms. The van der Waals surface area contributed by atoms with E-state index in [1.807, 2.05) is 0 Å². The lowest BCUT2D eigenvalue weighted by atomic mass is 10.2. The van der Waals surface area contributed by atoms with Crippen LogP contribution in [0.25, 0.3) is 0 Å². The summed E-state index contributed by atoms with van der Waals surface area (Å²) in [6.45, 7) is 0.882. The predicted molar refractivity (Wildman–Crippen MR) is 88.6 cm³/mol. The summed E-state index contributed by atoms with van der Waals surface area (Å²) >= 11 is 9.24. The Morgan fingerprint density at radius 2 is 2.14 bits per heavy atom. The van der Waals surface area contributed by atoms with Crippen LogP contribution in [0.1, 0.15) is 10.4 Å². The molecule has 0 bridgehead atoms. The number of aromatic nitrogens is 2. The second-order valence-electron chi connectivity index (χ2n) is 4.21. The lowest BCUT2D eigenvalue weighted by Crippen LogP contribution is -2.29. The van der Waals surface area contributed by atoms with Crippen molar-refractivity contribution in [3.63, 3.8) is 0 Å². The summed E-state index contributed by atoms with van der Waals surface area (Å²) in [5.41, 5.74) is 0.450. The molecule has 2 rings (SSSR count). The standard InChI is InChI=1S/C14H14BrClN4O2/c1-22-13-10(15)8-19-14(20-13)18-7-6-17-12(21)9-4-2-3-5-11(9)16/h2-5,8H,6-7H2,1H3,(H,17,21)(H,18,19,20). The molecule has 2 aromatic rings. The topological polar surface area (TPSA) is 76.1 Å². The van der Waals surface area contributed by atoms with E-state index in [0.29, 0.717) is 40.0 Å². The zero-order valence-electron chi connectivity index (χ0n) is 11.8. The smallest absolute Gasteiger partial charge is 0.252 e. The average Bonchev–Trinajstić information content (AvgIpc) is 2.53. The number of methoxy groups -OCH3 is 1. The maximum absolute atomic E-state index is 11.9. The third kappa shape index (κ3) is 4.32. The fourth-order valence-corrected chi connectivity index (χ4v) is 2.25. The summed E-state index contributed by atoms with van der Waals surface area (Å²) in [6.07, 6.45) is 1.59. The van der Waals surface area contributed by atoms with Crippen LogP contribution in [-0.2, 0) is 0 Å². The van der Waals surface area contributed by atoms with Gasteiger partial charge < -0.3 is 15.4 Å². The molecule has 0 aliphatic carbocycles. The van der Waals surface area contributed by atoms with Gasteiger partial charge in [-0.25, -0.2) is 4.98 Å². The first-order chi connectivity index (χ1) is 10.6. The van der Waals surface area contributed by atoms with Gasteiger partial charge in [-0.1, -0.05) is 23.7 Å². The Kier molecular flexibility index (Phi) is 5.97. The number of carbonyl (C=O) groups is 1. The van der Waals surface area contributed by atoms with Crippen molar-refractivity contribution in [2.75, 3.05) is 25.5 Å². The fraction of sp³-hybridized carbons (Fsp3) is 0.214. The molecule has 0 saturated carbocycles. The fourth-order valence-electron chi connectivity index (χ4n) is 1.67. The van der Waals surface area contributed by atoms with Crippen LogP contribution < -0.4 is 15.4 Å². The van der Waals surface area contributed by atoms with Crippen molar-refractivity contribution in [3.05, 3.63) is 45.5 Å². The molecular formula is C14H14BrClN4O2. The predicted octanol–water partition coefficient (Wildman–Crippen LogP) is 2.74. The van der Waals surface area contributed by atoms with Crippen molar-refractivity contribution in [2.24, 2.45) is 0 Å². The van der Waals surface area contributed by atoms with Gasteiger partial charge in [-0.05, 0) is 28.1 Å². The highest BCUT2D eigenvalue weighted by Crippen LogP contribution is 2.21. The van der Waals surface area contributed by atoms with Crippen LogP contribution in [0, 0.1) is 0 Å². The molecule has 6 nitrogen and oxygen atoms in total. The molecule has 1 aromatic heterocycles. The number of hydrogen-bond donors (Lipinski definition) is 2. The molecule has 0 radical (unpaired) electrons. The highest BCUT2D eigenvalue weighted by molar-refractivity contribution is 9.10. The zero-order valence-corrected chi connectivity index (χ0v) is 14.1. The van der Waals surface area contributed by atoms with Crippen molar-refractivity contribution in [2.45, 2.75) is 0 Å². The van der Waals surface area contributed by atoms with Gasteiger partial charge in [0.1, 0.15) is 0 Å². The molecule has 2 N–H and O–H groups in total. The van der Waals surface area contributed by atoms with Gasteiger partial charge in [0.2, 0.25) is 11.8 Å². The monoisotopic (exact) mass is 384 g/mol. The number of benzene rings is 1. The number of nitrogens with zero attached hydrogens (tertiary/aromatic N) is 2. The minimum absolute atomic E-state index is 0.221. The van der Waals surface area contributed by atoms with Gasteiger partial charge >= 0.3 is 0 Å². The van der Waals surface area contributed by atoms with Gasteiger partial charge in [0.25, 0.3) is 5.91 Å². The number of carbonyl (C=O) groups excluding carboxylic acids is 1. The van der Waals surface area contributed by atoms with E-state index in [9.17, 15) is 4.79 Å². The van der Waals surface area contributed by atoms with E-state index in [1.54, 1.807) is 30.5 Å². The maximum atomic E-state index is 11.9. The molecule has 1 amide bonds. The molecule has 0 aliphatic heterocycles. The van der Waals surface area contributed by atoms with E-state index in [2.05, 4.69) is 36.5 Å². The van der Waals surface area contributed by atoms with E-state index >= 15 is 0 Å². The normalized spacial score (nSPS) is 10.1. The van der Waals surface area contributed by atoms with E-state index < -0.39 is 0 Å². The van der Waals surface area contributed by atoms with Gasteiger partial charge in [0.05, 0.1) is 28.4 Å². The zero-order chi connectivity index (χ0) is 15.9. The Balaban J connectivity index is 1.82. The highest BCUT2D eigenvalue weighted by Gasteiger charge is 2.09. The van der Waals surface area contributed by atoms with Gasteiger partial charge in [-0.3, -0.25) is 4.79 Å². The third-order valence-corrected chi connectivity index (χ3v) is 3.59. The van der Waals surface area contributed by atoms with Crippen LogP contribution in [-0.4, -0.2) is 36.1 Å². The van der Waals surface area contributed by atoms with E-state index in [4.69, 9.17) is 16.3 Å². The Labute approximate surface area is 141 Å². The molecule has 1 aromatic carbocycles. The maximum Gasteiger partial charge on any atom is 0.252 e. The van der Waals surface area contributed by atoms with Crippen LogP contribution in [0.5, 0.6) is 5.88 Å². The van der Waals surface area contributed by atoms with Crippen molar-refractivity contribution < 1.29 is 9.53 Å². The summed E-state index contributed by atoms with van der Waals surface area (Å²) in [7, 11) is 1.53. The van der Waals surface area contributed by atoms with Crippen molar-refractivity contribution >= 4 is 39.4 Å². The number of anilines is 1. The lowest BCUT2D eigenvalue weighted by Gasteiger charge is -2.09. The molecule has 0 fully saturated rings. The van der Waals surface area contributed by atoms with Crippen LogP contribution >= 0.6 is 27.5 Å². The molecule has 0 saturated heterocycles. The molecule has 8 heteroatoms. The van der Waals surface area contributed by atoms with E-state index in [-0.39, 0.29) is 5.91 Å². The van der Waals surface area contributed by atoms with Crippen molar-refractivity contribution in [1.82, 2.24) is 15.3 Å². The number of amides is 1. The quantitative estimate of drug-likeness (QED) is 0.748. The summed E-state index contributed by atoms with van der Waals surface area (Å²) in [5, 5.41) is 6.19. The van der Waals surface area contributed by atoms with Gasteiger partial charge in [-0.2, -0.15) is 4.98 Å². The van der Waals surface area contributed by atoms with E-state index in [1.165, 1.54) is 7.11 Å². The number of nitrogens with one attached hydrogen (secondary N) is 2. The van der Waals surface area contributed by atoms with Gasteiger partial charge in [0.15, 0.2) is 0 Å². The Morgan fingerprint density at radius 3 is 2.86 bits per heavy atom. The Hall–Kier alpha value is -1.86. The molecular weight excluding hydrogens is 372 g/mol. The highest BCUT2D eigenvalue weighted by atomic mass is 79.9. The molecule has 0 atom stereocenters. The van der Waals surface area contributed by atoms with Gasteiger partial charge in [0, 0.05) is 13.1 Å². The second kappa shape index (κ2) is 7.95. The minimum atomic E-state index is -0.221. The SMILES string of the molecule is COc1nc(NCCNC(=O)c2ccccc2Cl)ncc1Br. The van der Waals surface area contributed by atoms with Crippen LogP contribution in [0.2, 0.25) is 5.02 Å². The summed E-state index contributed by atoms with van der Waals surface area (Å²) in [4.78, 5) is 20.2. The molecule has 116 valence electrons. The minimum Gasteiger partial charge on any atom is -0.480 e. The van der Waals surface area contributed by atoms with Crippen LogP contribution in [0.4, 0.5) is 5.95 Å². The average molecular weight is 386 g/mol. The van der Waals surface area contributed by atoms with E-state index in [0.717, 1.165) is 0 Å². The number of halogens is 2. The Morgan fingerprint density at radius 1 is 1.36 bits per heavy atom. The first-order valence-electron chi connectivity index (χ1n) is 6.45. The first kappa shape index (κ1) is 16.5. The van der Waals surface area contributed by atoms with Crippen LogP contribution in [0.3, 0.4) is 0 Å². The summed E-state index contributed by atoms with van der Waals surface area (Å²) < 4.78 is 5.75. The lowest BCUT2D eigenvalue weighted by molar-refractivity contribution is 0.0955. The number of ether oxygens (including phenoxy) is 1. The molecule has 1 heterocycles. The van der Waals surface area contributed by atoms with Crippen molar-refractivity contribution in [3.8, 4) is 5.88 Å². The van der Waals surface area contributed by atoms with Gasteiger partial charge in [-0.15, -0.1) is 0 Å². The second-order valence-corrected chi connectivity index (χ2v) is 5.47.